The van der Waals surface area contributed by atoms with Crippen molar-refractivity contribution in [1.29, 1.82) is 0 Å². The highest BCUT2D eigenvalue weighted by Crippen LogP contribution is 2.25. The standard InChI is InChI=1S/C16H14OS/c1-18-16-10-6-5-9-14(16)15(17)12-11-13-7-3-2-4-8-13/h2-10,15,17H,1H3. The van der Waals surface area contributed by atoms with Crippen molar-refractivity contribution in [3.63, 3.8) is 0 Å². The van der Waals surface area contributed by atoms with E-state index in [1.807, 2.05) is 60.9 Å². The van der Waals surface area contributed by atoms with Crippen LogP contribution in [0.1, 0.15) is 17.2 Å². The van der Waals surface area contributed by atoms with Crippen LogP contribution in [0, 0.1) is 11.8 Å². The average Bonchev–Trinajstić information content (AvgIpc) is 2.45. The van der Waals surface area contributed by atoms with Crippen LogP contribution in [0.5, 0.6) is 0 Å². The van der Waals surface area contributed by atoms with Crippen molar-refractivity contribution in [2.75, 3.05) is 6.26 Å². The first-order valence-electron chi connectivity index (χ1n) is 5.69. The van der Waals surface area contributed by atoms with Crippen LogP contribution in [0.2, 0.25) is 0 Å². The van der Waals surface area contributed by atoms with Gasteiger partial charge < -0.3 is 5.11 Å². The van der Waals surface area contributed by atoms with Crippen LogP contribution >= 0.6 is 11.8 Å². The minimum Gasteiger partial charge on any atom is -0.376 e. The smallest absolute Gasteiger partial charge is 0.141 e. The third-order valence-corrected chi connectivity index (χ3v) is 3.37. The summed E-state index contributed by atoms with van der Waals surface area (Å²) in [5, 5.41) is 10.1. The Balaban J connectivity index is 2.23. The Morgan fingerprint density at radius 2 is 1.67 bits per heavy atom. The predicted octanol–water partition coefficient (Wildman–Crippen LogP) is 3.49. The summed E-state index contributed by atoms with van der Waals surface area (Å²) in [4.78, 5) is 1.06. The molecule has 1 nitrogen and oxygen atoms in total. The van der Waals surface area contributed by atoms with Gasteiger partial charge >= 0.3 is 0 Å². The van der Waals surface area contributed by atoms with E-state index in [9.17, 15) is 5.11 Å². The van der Waals surface area contributed by atoms with Gasteiger partial charge in [0.2, 0.25) is 0 Å². The molecule has 0 saturated carbocycles. The van der Waals surface area contributed by atoms with Crippen molar-refractivity contribution in [3.05, 3.63) is 65.7 Å². The van der Waals surface area contributed by atoms with E-state index in [0.717, 1.165) is 16.0 Å². The summed E-state index contributed by atoms with van der Waals surface area (Å²) in [6.45, 7) is 0. The third kappa shape index (κ3) is 3.16. The molecule has 0 aliphatic carbocycles. The molecular formula is C16H14OS. The van der Waals surface area contributed by atoms with Gasteiger partial charge in [0, 0.05) is 16.0 Å². The minimum atomic E-state index is -0.742. The second-order valence-electron chi connectivity index (χ2n) is 3.78. The molecule has 0 fully saturated rings. The Kier molecular flexibility index (Phi) is 4.46. The van der Waals surface area contributed by atoms with Crippen molar-refractivity contribution in [2.24, 2.45) is 0 Å². The molecule has 2 heteroatoms. The molecule has 0 spiro atoms. The van der Waals surface area contributed by atoms with Gasteiger partial charge in [-0.2, -0.15) is 0 Å². The van der Waals surface area contributed by atoms with Crippen molar-refractivity contribution in [2.45, 2.75) is 11.0 Å². The Bertz CT molecular complexity index is 566. The average molecular weight is 254 g/mol. The van der Waals surface area contributed by atoms with Gasteiger partial charge in [0.05, 0.1) is 0 Å². The first kappa shape index (κ1) is 12.8. The number of benzene rings is 2. The number of rotatable bonds is 2. The zero-order valence-corrected chi connectivity index (χ0v) is 10.9. The number of aliphatic hydroxyl groups excluding tert-OH is 1. The van der Waals surface area contributed by atoms with Crippen molar-refractivity contribution < 1.29 is 5.11 Å². The summed E-state index contributed by atoms with van der Waals surface area (Å²) in [5.41, 5.74) is 1.78. The van der Waals surface area contributed by atoms with Crippen LogP contribution in [0.15, 0.2) is 59.5 Å². The zero-order valence-electron chi connectivity index (χ0n) is 10.1. The van der Waals surface area contributed by atoms with Crippen LogP contribution < -0.4 is 0 Å². The second kappa shape index (κ2) is 6.30. The lowest BCUT2D eigenvalue weighted by Gasteiger charge is -2.08. The van der Waals surface area contributed by atoms with Gasteiger partial charge in [-0.3, -0.25) is 0 Å². The molecule has 1 N–H and O–H groups in total. The highest BCUT2D eigenvalue weighted by molar-refractivity contribution is 7.98. The normalized spacial score (nSPS) is 11.4. The summed E-state index contributed by atoms with van der Waals surface area (Å²) in [5.74, 6) is 5.87. The highest BCUT2D eigenvalue weighted by atomic mass is 32.2. The zero-order chi connectivity index (χ0) is 12.8. The summed E-state index contributed by atoms with van der Waals surface area (Å²) >= 11 is 1.62. The Morgan fingerprint density at radius 3 is 2.39 bits per heavy atom. The van der Waals surface area contributed by atoms with E-state index < -0.39 is 6.10 Å². The molecule has 2 aromatic rings. The first-order chi connectivity index (χ1) is 8.81. The Morgan fingerprint density at radius 1 is 1.00 bits per heavy atom. The van der Waals surface area contributed by atoms with Crippen LogP contribution in [-0.2, 0) is 0 Å². The minimum absolute atomic E-state index is 0.742. The fourth-order valence-corrected chi connectivity index (χ4v) is 2.27. The molecule has 2 rings (SSSR count). The highest BCUT2D eigenvalue weighted by Gasteiger charge is 2.07. The molecule has 0 aromatic heterocycles. The molecular weight excluding hydrogens is 240 g/mol. The SMILES string of the molecule is CSc1ccccc1C(O)C#Cc1ccccc1. The fraction of sp³-hybridized carbons (Fsp3) is 0.125. The molecule has 0 saturated heterocycles. The molecule has 1 unspecified atom stereocenters. The quantitative estimate of drug-likeness (QED) is 0.654. The van der Waals surface area contributed by atoms with E-state index in [1.54, 1.807) is 11.8 Å². The second-order valence-corrected chi connectivity index (χ2v) is 4.63. The molecule has 0 radical (unpaired) electrons. The Labute approximate surface area is 112 Å². The maximum atomic E-state index is 10.1. The molecule has 1 atom stereocenters. The van der Waals surface area contributed by atoms with Gasteiger partial charge in [0.1, 0.15) is 6.10 Å². The molecule has 0 aliphatic rings. The molecule has 0 aliphatic heterocycles. The van der Waals surface area contributed by atoms with Gasteiger partial charge in [-0.25, -0.2) is 0 Å². The van der Waals surface area contributed by atoms with E-state index in [1.165, 1.54) is 0 Å². The molecule has 2 aromatic carbocycles. The van der Waals surface area contributed by atoms with E-state index in [4.69, 9.17) is 0 Å². The van der Waals surface area contributed by atoms with Crippen molar-refractivity contribution in [3.8, 4) is 11.8 Å². The maximum Gasteiger partial charge on any atom is 0.141 e. The summed E-state index contributed by atoms with van der Waals surface area (Å²) in [7, 11) is 0. The lowest BCUT2D eigenvalue weighted by molar-refractivity contribution is 0.235. The van der Waals surface area contributed by atoms with Crippen LogP contribution in [0.25, 0.3) is 0 Å². The van der Waals surface area contributed by atoms with E-state index >= 15 is 0 Å². The molecule has 90 valence electrons. The molecule has 0 heterocycles. The maximum absolute atomic E-state index is 10.1. The van der Waals surface area contributed by atoms with Crippen LogP contribution in [-0.4, -0.2) is 11.4 Å². The number of thioether (sulfide) groups is 1. The van der Waals surface area contributed by atoms with Gasteiger partial charge in [-0.15, -0.1) is 11.8 Å². The third-order valence-electron chi connectivity index (χ3n) is 2.56. The summed E-state index contributed by atoms with van der Waals surface area (Å²) < 4.78 is 0. The van der Waals surface area contributed by atoms with Gasteiger partial charge in [-0.1, -0.05) is 48.2 Å². The van der Waals surface area contributed by atoms with Gasteiger partial charge in [0.25, 0.3) is 0 Å². The molecule has 0 bridgehead atoms. The largest absolute Gasteiger partial charge is 0.376 e. The van der Waals surface area contributed by atoms with Crippen molar-refractivity contribution >= 4 is 11.8 Å². The first-order valence-corrected chi connectivity index (χ1v) is 6.91. The lowest BCUT2D eigenvalue weighted by atomic mass is 10.1. The van der Waals surface area contributed by atoms with E-state index in [-0.39, 0.29) is 0 Å². The number of aliphatic hydroxyl groups is 1. The van der Waals surface area contributed by atoms with E-state index in [0.29, 0.717) is 0 Å². The fourth-order valence-electron chi connectivity index (χ4n) is 1.64. The molecule has 0 amide bonds. The number of hydrogen-bond acceptors (Lipinski definition) is 2. The van der Waals surface area contributed by atoms with E-state index in [2.05, 4.69) is 11.8 Å². The monoisotopic (exact) mass is 254 g/mol. The topological polar surface area (TPSA) is 20.2 Å². The number of hydrogen-bond donors (Lipinski definition) is 1. The van der Waals surface area contributed by atoms with Crippen LogP contribution in [0.4, 0.5) is 0 Å². The van der Waals surface area contributed by atoms with Crippen molar-refractivity contribution in [1.82, 2.24) is 0 Å². The summed E-state index contributed by atoms with van der Waals surface area (Å²) in [6.07, 6.45) is 1.25. The predicted molar refractivity (Wildman–Crippen MR) is 76.5 cm³/mol. The Hall–Kier alpha value is -1.69. The van der Waals surface area contributed by atoms with Gasteiger partial charge in [-0.05, 0) is 24.5 Å². The van der Waals surface area contributed by atoms with Gasteiger partial charge in [0.15, 0.2) is 0 Å². The summed E-state index contributed by atoms with van der Waals surface area (Å²) in [6, 6.07) is 17.5. The molecule has 18 heavy (non-hydrogen) atoms. The van der Waals surface area contributed by atoms with Crippen LogP contribution in [0.3, 0.4) is 0 Å². The lowest BCUT2D eigenvalue weighted by Crippen LogP contribution is -1.95.